The summed E-state index contributed by atoms with van der Waals surface area (Å²) in [5, 5.41) is 11.3. The molecule has 0 unspecified atom stereocenters. The monoisotopic (exact) mass is 534 g/mol. The fourth-order valence-corrected chi connectivity index (χ4v) is 5.98. The lowest BCUT2D eigenvalue weighted by Crippen LogP contribution is -2.56. The summed E-state index contributed by atoms with van der Waals surface area (Å²) in [4.78, 5) is 1.96. The Balaban J connectivity index is 1.50. The molecule has 2 N–H and O–H groups in total. The predicted molar refractivity (Wildman–Crippen MR) is 133 cm³/mol. The van der Waals surface area contributed by atoms with Crippen LogP contribution in [0.4, 0.5) is 13.2 Å². The van der Waals surface area contributed by atoms with Crippen LogP contribution >= 0.6 is 0 Å². The lowest BCUT2D eigenvalue weighted by Gasteiger charge is -2.41. The molecule has 0 radical (unpaired) electrons. The van der Waals surface area contributed by atoms with E-state index in [1.807, 2.05) is 60.7 Å². The first kappa shape index (κ1) is 27.1. The maximum absolute atomic E-state index is 13.0. The highest BCUT2D eigenvalue weighted by Gasteiger charge is 2.38. The molecule has 1 aliphatic carbocycles. The summed E-state index contributed by atoms with van der Waals surface area (Å²) in [6.07, 6.45) is -4.01. The van der Waals surface area contributed by atoms with Crippen LogP contribution in [0.1, 0.15) is 30.4 Å². The van der Waals surface area contributed by atoms with Crippen LogP contribution in [0.5, 0.6) is 5.75 Å². The van der Waals surface area contributed by atoms with Gasteiger partial charge in [-0.3, -0.25) is 4.90 Å². The molecule has 1 saturated carbocycles. The molecule has 1 fully saturated rings. The summed E-state index contributed by atoms with van der Waals surface area (Å²) in [6.45, 7) is 1.16. The zero-order valence-corrected chi connectivity index (χ0v) is 20.8. The Morgan fingerprint density at radius 3 is 1.92 bits per heavy atom. The summed E-state index contributed by atoms with van der Waals surface area (Å²) < 4.78 is 69.7. The van der Waals surface area contributed by atoms with Crippen LogP contribution < -0.4 is 9.46 Å². The van der Waals surface area contributed by atoms with Gasteiger partial charge >= 0.3 is 6.36 Å². The third kappa shape index (κ3) is 7.54. The van der Waals surface area contributed by atoms with Crippen LogP contribution in [0.2, 0.25) is 0 Å². The Bertz CT molecular complexity index is 1200. The van der Waals surface area contributed by atoms with Gasteiger partial charge in [-0.05, 0) is 48.2 Å². The predicted octanol–water partition coefficient (Wildman–Crippen LogP) is 4.85. The number of nitrogens with zero attached hydrogens (tertiary/aromatic N) is 1. The summed E-state index contributed by atoms with van der Waals surface area (Å²) in [5.41, 5.74) is 2.16. The maximum Gasteiger partial charge on any atom is 0.573 e. The quantitative estimate of drug-likeness (QED) is 0.411. The first-order valence-corrected chi connectivity index (χ1v) is 13.5. The number of aliphatic hydroxyl groups is 1. The number of rotatable bonds is 9. The van der Waals surface area contributed by atoms with Crippen molar-refractivity contribution in [1.82, 2.24) is 9.62 Å². The Hall–Kier alpha value is -2.92. The molecule has 0 amide bonds. The molecule has 0 spiro atoms. The van der Waals surface area contributed by atoms with Gasteiger partial charge in [-0.25, -0.2) is 13.1 Å². The number of nitrogens with one attached hydrogen (secondary N) is 1. The summed E-state index contributed by atoms with van der Waals surface area (Å²) >= 11 is 0. The molecule has 10 heteroatoms. The highest BCUT2D eigenvalue weighted by molar-refractivity contribution is 7.89. The SMILES string of the molecule is O=S(=O)(N[C@H]1CCC[C@@H](N(Cc2ccccc2)Cc2ccccc2)[C@@H]1O)c1ccc(OC(F)(F)F)cc1. The van der Waals surface area contributed by atoms with Crippen molar-refractivity contribution in [3.05, 3.63) is 96.1 Å². The molecule has 37 heavy (non-hydrogen) atoms. The number of hydrogen-bond acceptors (Lipinski definition) is 5. The molecule has 1 aliphatic rings. The van der Waals surface area contributed by atoms with Crippen LogP contribution in [0.25, 0.3) is 0 Å². The van der Waals surface area contributed by atoms with Gasteiger partial charge in [-0.15, -0.1) is 13.2 Å². The van der Waals surface area contributed by atoms with Gasteiger partial charge in [0.25, 0.3) is 0 Å². The fourth-order valence-electron chi connectivity index (χ4n) is 4.70. The third-order valence-corrected chi connectivity index (χ3v) is 7.93. The number of benzene rings is 3. The molecule has 0 bridgehead atoms. The lowest BCUT2D eigenvalue weighted by atomic mass is 9.87. The van der Waals surface area contributed by atoms with Crippen molar-refractivity contribution in [3.63, 3.8) is 0 Å². The molecule has 0 aliphatic heterocycles. The van der Waals surface area contributed by atoms with Crippen molar-refractivity contribution in [2.45, 2.75) is 61.8 Å². The highest BCUT2D eigenvalue weighted by Crippen LogP contribution is 2.29. The number of halogens is 3. The minimum absolute atomic E-state index is 0.207. The van der Waals surface area contributed by atoms with Crippen molar-refractivity contribution in [3.8, 4) is 5.75 Å². The van der Waals surface area contributed by atoms with Crippen molar-refractivity contribution in [2.24, 2.45) is 0 Å². The second kappa shape index (κ2) is 11.6. The van der Waals surface area contributed by atoms with Gasteiger partial charge in [-0.2, -0.15) is 0 Å². The van der Waals surface area contributed by atoms with Crippen molar-refractivity contribution in [2.75, 3.05) is 0 Å². The first-order chi connectivity index (χ1) is 17.6. The largest absolute Gasteiger partial charge is 0.573 e. The average molecular weight is 535 g/mol. The Labute approximate surface area is 214 Å². The first-order valence-electron chi connectivity index (χ1n) is 12.0. The molecular weight excluding hydrogens is 505 g/mol. The number of ether oxygens (including phenoxy) is 1. The number of aliphatic hydroxyl groups excluding tert-OH is 1. The van der Waals surface area contributed by atoms with E-state index in [1.54, 1.807) is 0 Å². The number of hydrogen-bond donors (Lipinski definition) is 2. The number of sulfonamides is 1. The molecule has 0 saturated heterocycles. The average Bonchev–Trinajstić information content (AvgIpc) is 2.85. The molecular formula is C27H29F3N2O4S. The van der Waals surface area contributed by atoms with E-state index in [2.05, 4.69) is 14.4 Å². The zero-order chi connectivity index (χ0) is 26.5. The Morgan fingerprint density at radius 2 is 1.41 bits per heavy atom. The van der Waals surface area contributed by atoms with E-state index in [0.29, 0.717) is 32.4 Å². The van der Waals surface area contributed by atoms with Crippen LogP contribution in [0.3, 0.4) is 0 Å². The smallest absolute Gasteiger partial charge is 0.406 e. The Morgan fingerprint density at radius 1 is 0.865 bits per heavy atom. The summed E-state index contributed by atoms with van der Waals surface area (Å²) in [5.74, 6) is -0.512. The fraction of sp³-hybridized carbons (Fsp3) is 0.333. The van der Waals surface area contributed by atoms with E-state index < -0.39 is 34.3 Å². The van der Waals surface area contributed by atoms with Crippen LogP contribution in [-0.4, -0.2) is 43.0 Å². The van der Waals surface area contributed by atoms with Gasteiger partial charge in [0, 0.05) is 25.2 Å². The van der Waals surface area contributed by atoms with E-state index in [0.717, 1.165) is 35.4 Å². The second-order valence-electron chi connectivity index (χ2n) is 9.11. The van der Waals surface area contributed by atoms with Crippen molar-refractivity contribution in [1.29, 1.82) is 0 Å². The number of alkyl halides is 3. The van der Waals surface area contributed by atoms with Crippen molar-refractivity contribution >= 4 is 10.0 Å². The van der Waals surface area contributed by atoms with Gasteiger partial charge in [0.2, 0.25) is 10.0 Å². The van der Waals surface area contributed by atoms with Gasteiger partial charge in [0.05, 0.1) is 11.0 Å². The van der Waals surface area contributed by atoms with Gasteiger partial charge in [0.1, 0.15) is 5.75 Å². The minimum Gasteiger partial charge on any atom is -0.406 e. The molecule has 198 valence electrons. The van der Waals surface area contributed by atoms with Crippen LogP contribution in [-0.2, 0) is 23.1 Å². The van der Waals surface area contributed by atoms with Crippen LogP contribution in [0, 0.1) is 0 Å². The zero-order valence-electron chi connectivity index (χ0n) is 20.0. The highest BCUT2D eigenvalue weighted by atomic mass is 32.2. The molecule has 3 aromatic carbocycles. The van der Waals surface area contributed by atoms with E-state index in [9.17, 15) is 26.7 Å². The van der Waals surface area contributed by atoms with E-state index in [-0.39, 0.29) is 10.9 Å². The topological polar surface area (TPSA) is 78.9 Å². The molecule has 4 rings (SSSR count). The third-order valence-electron chi connectivity index (χ3n) is 6.42. The maximum atomic E-state index is 13.0. The molecule has 3 aromatic rings. The van der Waals surface area contributed by atoms with Crippen molar-refractivity contribution < 1.29 is 31.4 Å². The minimum atomic E-state index is -4.87. The Kier molecular flexibility index (Phi) is 8.53. The van der Waals surface area contributed by atoms with E-state index >= 15 is 0 Å². The molecule has 3 atom stereocenters. The summed E-state index contributed by atoms with van der Waals surface area (Å²) in [6, 6.07) is 22.7. The standard InChI is InChI=1S/C27H29F3N2O4S/c28-27(29,30)36-22-14-16-23(17-15-22)37(34,35)31-24-12-7-13-25(26(24)33)32(18-20-8-3-1-4-9-20)19-21-10-5-2-6-11-21/h1-6,8-11,14-17,24-26,31,33H,7,12-13,18-19H2/t24-,25+,26+/m0/s1. The van der Waals surface area contributed by atoms with E-state index in [4.69, 9.17) is 0 Å². The summed E-state index contributed by atoms with van der Waals surface area (Å²) in [7, 11) is -4.09. The molecule has 6 nitrogen and oxygen atoms in total. The second-order valence-corrected chi connectivity index (χ2v) is 10.8. The van der Waals surface area contributed by atoms with E-state index in [1.165, 1.54) is 0 Å². The normalized spacial score (nSPS) is 20.6. The van der Waals surface area contributed by atoms with Gasteiger partial charge < -0.3 is 9.84 Å². The van der Waals surface area contributed by atoms with Gasteiger partial charge in [0.15, 0.2) is 0 Å². The molecule has 0 aromatic heterocycles. The van der Waals surface area contributed by atoms with Gasteiger partial charge in [-0.1, -0.05) is 67.1 Å². The molecule has 0 heterocycles. The lowest BCUT2D eigenvalue weighted by molar-refractivity contribution is -0.274. The van der Waals surface area contributed by atoms with Crippen LogP contribution in [0.15, 0.2) is 89.8 Å².